The molecule has 2 aromatic carbocycles. The maximum Gasteiger partial charge on any atom is 0.322 e. The zero-order valence-corrected chi connectivity index (χ0v) is 14.1. The number of benzene rings is 2. The summed E-state index contributed by atoms with van der Waals surface area (Å²) in [6, 6.07) is 16.6. The number of carbonyl (C=O) groups is 1. The molecule has 1 aliphatic heterocycles. The number of halogens is 1. The van der Waals surface area contributed by atoms with Crippen molar-refractivity contribution in [3.05, 3.63) is 65.2 Å². The molecule has 24 heavy (non-hydrogen) atoms. The van der Waals surface area contributed by atoms with Crippen molar-refractivity contribution in [2.75, 3.05) is 11.9 Å². The molecule has 2 N–H and O–H groups in total. The van der Waals surface area contributed by atoms with Gasteiger partial charge in [-0.15, -0.1) is 0 Å². The number of nitrogens with one attached hydrogen (secondary N) is 1. The van der Waals surface area contributed by atoms with Gasteiger partial charge in [-0.25, -0.2) is 4.79 Å². The number of hydrogen-bond donors (Lipinski definition) is 2. The number of hydrogen-bond acceptors (Lipinski definition) is 2. The number of rotatable bonds is 4. The van der Waals surface area contributed by atoms with Crippen LogP contribution in [-0.2, 0) is 0 Å². The molecule has 2 atom stereocenters. The lowest BCUT2D eigenvalue weighted by Crippen LogP contribution is -2.39. The van der Waals surface area contributed by atoms with Gasteiger partial charge in [-0.05, 0) is 37.0 Å². The predicted octanol–water partition coefficient (Wildman–Crippen LogP) is 4.46. The van der Waals surface area contributed by atoms with Gasteiger partial charge in [0.15, 0.2) is 0 Å². The summed E-state index contributed by atoms with van der Waals surface area (Å²) in [4.78, 5) is 14.4. The number of urea groups is 1. The van der Waals surface area contributed by atoms with Crippen LogP contribution in [0.1, 0.15) is 30.9 Å². The van der Waals surface area contributed by atoms with Crippen LogP contribution in [0.2, 0.25) is 5.02 Å². The molecular formula is C19H21ClN2O2. The van der Waals surface area contributed by atoms with E-state index in [-0.39, 0.29) is 12.1 Å². The molecule has 0 bridgehead atoms. The Kier molecular flexibility index (Phi) is 5.38. The van der Waals surface area contributed by atoms with Crippen LogP contribution in [0.4, 0.5) is 10.5 Å². The van der Waals surface area contributed by atoms with Crippen LogP contribution in [0.15, 0.2) is 54.6 Å². The first kappa shape index (κ1) is 16.8. The Morgan fingerprint density at radius 3 is 2.67 bits per heavy atom. The van der Waals surface area contributed by atoms with Gasteiger partial charge in [0, 0.05) is 12.6 Å². The van der Waals surface area contributed by atoms with E-state index in [1.807, 2.05) is 42.5 Å². The molecule has 0 spiro atoms. The van der Waals surface area contributed by atoms with E-state index >= 15 is 0 Å². The zero-order valence-electron chi connectivity index (χ0n) is 13.4. The second kappa shape index (κ2) is 7.69. The van der Waals surface area contributed by atoms with Crippen LogP contribution in [0.5, 0.6) is 0 Å². The summed E-state index contributed by atoms with van der Waals surface area (Å²) in [6.45, 7) is 0.697. The Balaban J connectivity index is 1.65. The Bertz CT molecular complexity index is 693. The van der Waals surface area contributed by atoms with Gasteiger partial charge in [0.2, 0.25) is 0 Å². The van der Waals surface area contributed by atoms with E-state index in [2.05, 4.69) is 5.32 Å². The molecule has 2 unspecified atom stereocenters. The highest BCUT2D eigenvalue weighted by molar-refractivity contribution is 6.33. The third kappa shape index (κ3) is 3.89. The van der Waals surface area contributed by atoms with E-state index in [1.165, 1.54) is 0 Å². The van der Waals surface area contributed by atoms with E-state index < -0.39 is 6.10 Å². The molecule has 1 fully saturated rings. The summed E-state index contributed by atoms with van der Waals surface area (Å²) in [5, 5.41) is 13.8. The SMILES string of the molecule is O=C(Nc1ccccc1Cl)N1CCCC1CC(O)c1ccccc1. The first-order valence-electron chi connectivity index (χ1n) is 8.20. The highest BCUT2D eigenvalue weighted by atomic mass is 35.5. The van der Waals surface area contributed by atoms with E-state index in [0.717, 1.165) is 18.4 Å². The van der Waals surface area contributed by atoms with Crippen LogP contribution in [-0.4, -0.2) is 28.6 Å². The Morgan fingerprint density at radius 2 is 1.92 bits per heavy atom. The summed E-state index contributed by atoms with van der Waals surface area (Å²) in [6.07, 6.45) is 1.83. The topological polar surface area (TPSA) is 52.6 Å². The largest absolute Gasteiger partial charge is 0.388 e. The average molecular weight is 345 g/mol. The molecule has 1 aliphatic rings. The molecule has 0 aromatic heterocycles. The standard InChI is InChI=1S/C19H21ClN2O2/c20-16-10-4-5-11-17(16)21-19(24)22-12-6-9-15(22)13-18(23)14-7-2-1-3-8-14/h1-5,7-8,10-11,15,18,23H,6,9,12-13H2,(H,21,24). The third-order valence-electron chi connectivity index (χ3n) is 4.43. The van der Waals surface area contributed by atoms with Crippen LogP contribution in [0, 0.1) is 0 Å². The van der Waals surface area contributed by atoms with Gasteiger partial charge < -0.3 is 15.3 Å². The number of anilines is 1. The maximum absolute atomic E-state index is 12.6. The van der Waals surface area contributed by atoms with Crippen LogP contribution < -0.4 is 5.32 Å². The first-order valence-corrected chi connectivity index (χ1v) is 8.58. The average Bonchev–Trinajstić information content (AvgIpc) is 3.06. The smallest absolute Gasteiger partial charge is 0.322 e. The number of amides is 2. The Morgan fingerprint density at radius 1 is 1.21 bits per heavy atom. The van der Waals surface area contributed by atoms with E-state index in [0.29, 0.717) is 23.7 Å². The van der Waals surface area contributed by atoms with Gasteiger partial charge in [-0.3, -0.25) is 0 Å². The molecule has 5 heteroatoms. The molecule has 126 valence electrons. The normalized spacial score (nSPS) is 18.4. The lowest BCUT2D eigenvalue weighted by Gasteiger charge is -2.27. The minimum Gasteiger partial charge on any atom is -0.388 e. The summed E-state index contributed by atoms with van der Waals surface area (Å²) in [5.74, 6) is 0. The van der Waals surface area contributed by atoms with Crippen molar-refractivity contribution in [3.63, 3.8) is 0 Å². The number of nitrogens with zero attached hydrogens (tertiary/aromatic N) is 1. The predicted molar refractivity (Wildman–Crippen MR) is 96.2 cm³/mol. The number of aliphatic hydroxyl groups excluding tert-OH is 1. The quantitative estimate of drug-likeness (QED) is 0.860. The number of likely N-dealkylation sites (tertiary alicyclic amines) is 1. The van der Waals surface area contributed by atoms with Crippen LogP contribution >= 0.6 is 11.6 Å². The molecule has 0 saturated carbocycles. The number of aliphatic hydroxyl groups is 1. The molecule has 1 saturated heterocycles. The van der Waals surface area contributed by atoms with E-state index in [9.17, 15) is 9.90 Å². The fraction of sp³-hybridized carbons (Fsp3) is 0.316. The summed E-state index contributed by atoms with van der Waals surface area (Å²) in [7, 11) is 0. The Hall–Kier alpha value is -2.04. The van der Waals surface area contributed by atoms with Crippen molar-refractivity contribution >= 4 is 23.3 Å². The van der Waals surface area contributed by atoms with E-state index in [1.54, 1.807) is 17.0 Å². The van der Waals surface area contributed by atoms with Crippen LogP contribution in [0.25, 0.3) is 0 Å². The third-order valence-corrected chi connectivity index (χ3v) is 4.76. The van der Waals surface area contributed by atoms with Crippen molar-refractivity contribution < 1.29 is 9.90 Å². The lowest BCUT2D eigenvalue weighted by molar-refractivity contribution is 0.130. The summed E-state index contributed by atoms with van der Waals surface area (Å²) in [5.41, 5.74) is 1.49. The van der Waals surface area contributed by atoms with Crippen molar-refractivity contribution in [1.82, 2.24) is 4.90 Å². The van der Waals surface area contributed by atoms with Gasteiger partial charge in [0.05, 0.1) is 16.8 Å². The minimum absolute atomic E-state index is 0.0303. The van der Waals surface area contributed by atoms with Gasteiger partial charge >= 0.3 is 6.03 Å². The van der Waals surface area contributed by atoms with Crippen molar-refractivity contribution in [1.29, 1.82) is 0 Å². The monoisotopic (exact) mass is 344 g/mol. The van der Waals surface area contributed by atoms with Crippen molar-refractivity contribution in [2.45, 2.75) is 31.4 Å². The number of para-hydroxylation sites is 1. The zero-order chi connectivity index (χ0) is 16.9. The molecule has 2 amide bonds. The van der Waals surface area contributed by atoms with Gasteiger partial charge in [0.25, 0.3) is 0 Å². The van der Waals surface area contributed by atoms with Crippen molar-refractivity contribution in [3.8, 4) is 0 Å². The highest BCUT2D eigenvalue weighted by Gasteiger charge is 2.30. The fourth-order valence-corrected chi connectivity index (χ4v) is 3.35. The highest BCUT2D eigenvalue weighted by Crippen LogP contribution is 2.28. The minimum atomic E-state index is -0.565. The maximum atomic E-state index is 12.6. The van der Waals surface area contributed by atoms with Gasteiger partial charge in [-0.2, -0.15) is 0 Å². The molecule has 4 nitrogen and oxygen atoms in total. The molecule has 0 radical (unpaired) electrons. The lowest BCUT2D eigenvalue weighted by atomic mass is 10.0. The van der Waals surface area contributed by atoms with Crippen molar-refractivity contribution in [2.24, 2.45) is 0 Å². The first-order chi connectivity index (χ1) is 11.6. The second-order valence-corrected chi connectivity index (χ2v) is 6.47. The van der Waals surface area contributed by atoms with Gasteiger partial charge in [-0.1, -0.05) is 54.1 Å². The number of carbonyl (C=O) groups excluding carboxylic acids is 1. The van der Waals surface area contributed by atoms with Crippen LogP contribution in [0.3, 0.4) is 0 Å². The fourth-order valence-electron chi connectivity index (χ4n) is 3.17. The Labute approximate surface area is 147 Å². The summed E-state index contributed by atoms with van der Waals surface area (Å²) >= 11 is 6.10. The second-order valence-electron chi connectivity index (χ2n) is 6.06. The summed E-state index contributed by atoms with van der Waals surface area (Å²) < 4.78 is 0. The molecule has 0 aliphatic carbocycles. The molecule has 1 heterocycles. The molecular weight excluding hydrogens is 324 g/mol. The molecule has 3 rings (SSSR count). The molecule has 2 aromatic rings. The van der Waals surface area contributed by atoms with E-state index in [4.69, 9.17) is 11.6 Å². The van der Waals surface area contributed by atoms with Gasteiger partial charge in [0.1, 0.15) is 0 Å².